The molecule has 0 saturated carbocycles. The van der Waals surface area contributed by atoms with Gasteiger partial charge in [-0.05, 0) is 26.3 Å². The number of aryl methyl sites for hydroxylation is 1. The molecule has 1 atom stereocenters. The Bertz CT molecular complexity index is 486. The molecule has 1 aromatic heterocycles. The summed E-state index contributed by atoms with van der Waals surface area (Å²) < 4.78 is 4.86. The standard InChI is InChI=1S/C13H20N4O3.ClH/c1-9-6-11(16-20-9)15-12(18)8-17(2)13(19)10-4-3-5-14-7-10;/h6,10,14H,3-5,7-8H2,1-2H3,(H,15,16,18);1H/t10-;/m1./s1. The number of halogens is 1. The van der Waals surface area contributed by atoms with Crippen LogP contribution in [0.5, 0.6) is 0 Å². The molecule has 2 heterocycles. The predicted molar refractivity (Wildman–Crippen MR) is 80.3 cm³/mol. The summed E-state index contributed by atoms with van der Waals surface area (Å²) in [6.45, 7) is 3.41. The van der Waals surface area contributed by atoms with Gasteiger partial charge in [-0.3, -0.25) is 9.59 Å². The first-order valence-electron chi connectivity index (χ1n) is 6.75. The van der Waals surface area contributed by atoms with Crippen molar-refractivity contribution in [1.29, 1.82) is 0 Å². The van der Waals surface area contributed by atoms with E-state index in [1.165, 1.54) is 4.90 Å². The van der Waals surface area contributed by atoms with Crippen molar-refractivity contribution in [3.05, 3.63) is 11.8 Å². The van der Waals surface area contributed by atoms with E-state index in [1.54, 1.807) is 20.0 Å². The number of carbonyl (C=O) groups excluding carboxylic acids is 2. The Morgan fingerprint density at radius 2 is 2.33 bits per heavy atom. The van der Waals surface area contributed by atoms with E-state index in [1.807, 2.05) is 0 Å². The van der Waals surface area contributed by atoms with Crippen LogP contribution in [0.25, 0.3) is 0 Å². The highest BCUT2D eigenvalue weighted by Gasteiger charge is 2.25. The minimum absolute atomic E-state index is 0. The van der Waals surface area contributed by atoms with Gasteiger partial charge in [0.05, 0.1) is 12.5 Å². The fraction of sp³-hybridized carbons (Fsp3) is 0.615. The molecule has 1 aliphatic rings. The van der Waals surface area contributed by atoms with E-state index in [4.69, 9.17) is 4.52 Å². The molecular formula is C13H21ClN4O3. The van der Waals surface area contributed by atoms with Gasteiger partial charge in [0, 0.05) is 19.7 Å². The van der Waals surface area contributed by atoms with E-state index >= 15 is 0 Å². The Kier molecular flexibility index (Phi) is 6.64. The van der Waals surface area contributed by atoms with Crippen LogP contribution in [0.3, 0.4) is 0 Å². The zero-order valence-electron chi connectivity index (χ0n) is 12.2. The molecule has 118 valence electrons. The molecule has 1 aliphatic heterocycles. The third-order valence-electron chi connectivity index (χ3n) is 3.30. The number of nitrogens with one attached hydrogen (secondary N) is 2. The average Bonchev–Trinajstić information content (AvgIpc) is 2.84. The first-order chi connectivity index (χ1) is 9.56. The average molecular weight is 317 g/mol. The van der Waals surface area contributed by atoms with Crippen LogP contribution in [-0.2, 0) is 9.59 Å². The molecule has 2 N–H and O–H groups in total. The van der Waals surface area contributed by atoms with E-state index in [9.17, 15) is 9.59 Å². The summed E-state index contributed by atoms with van der Waals surface area (Å²) in [6, 6.07) is 1.63. The molecule has 0 radical (unpaired) electrons. The minimum Gasteiger partial charge on any atom is -0.360 e. The van der Waals surface area contributed by atoms with Crippen LogP contribution in [0.2, 0.25) is 0 Å². The number of rotatable bonds is 4. The maximum absolute atomic E-state index is 12.2. The number of hydrogen-bond acceptors (Lipinski definition) is 5. The van der Waals surface area contributed by atoms with Gasteiger partial charge in [0.25, 0.3) is 0 Å². The second-order valence-corrected chi connectivity index (χ2v) is 5.11. The molecule has 7 nitrogen and oxygen atoms in total. The molecule has 8 heteroatoms. The highest BCUT2D eigenvalue weighted by Crippen LogP contribution is 2.13. The topological polar surface area (TPSA) is 87.5 Å². The lowest BCUT2D eigenvalue weighted by atomic mass is 9.98. The fourth-order valence-corrected chi connectivity index (χ4v) is 2.28. The molecule has 2 rings (SSSR count). The van der Waals surface area contributed by atoms with Gasteiger partial charge < -0.3 is 20.1 Å². The van der Waals surface area contributed by atoms with Crippen molar-refractivity contribution >= 4 is 30.0 Å². The number of hydrogen-bond donors (Lipinski definition) is 2. The van der Waals surface area contributed by atoms with Gasteiger partial charge in [-0.25, -0.2) is 0 Å². The van der Waals surface area contributed by atoms with E-state index < -0.39 is 0 Å². The molecule has 1 fully saturated rings. The van der Waals surface area contributed by atoms with Crippen LogP contribution in [0, 0.1) is 12.8 Å². The van der Waals surface area contributed by atoms with Crippen molar-refractivity contribution in [1.82, 2.24) is 15.4 Å². The van der Waals surface area contributed by atoms with Crippen molar-refractivity contribution < 1.29 is 14.1 Å². The molecular weight excluding hydrogens is 296 g/mol. The van der Waals surface area contributed by atoms with Crippen LogP contribution in [0.1, 0.15) is 18.6 Å². The summed E-state index contributed by atoms with van der Waals surface area (Å²) in [5.41, 5.74) is 0. The lowest BCUT2D eigenvalue weighted by molar-refractivity contribution is -0.137. The summed E-state index contributed by atoms with van der Waals surface area (Å²) in [5.74, 6) is 0.683. The normalized spacial score (nSPS) is 17.7. The number of anilines is 1. The summed E-state index contributed by atoms with van der Waals surface area (Å²) in [6.07, 6.45) is 1.87. The van der Waals surface area contributed by atoms with E-state index in [0.29, 0.717) is 18.1 Å². The smallest absolute Gasteiger partial charge is 0.245 e. The van der Waals surface area contributed by atoms with Gasteiger partial charge in [0.1, 0.15) is 5.76 Å². The Morgan fingerprint density at radius 1 is 1.57 bits per heavy atom. The molecule has 0 bridgehead atoms. The van der Waals surface area contributed by atoms with Gasteiger partial charge >= 0.3 is 0 Å². The Balaban J connectivity index is 0.00000220. The molecule has 1 saturated heterocycles. The number of likely N-dealkylation sites (N-methyl/N-ethyl adjacent to an activating group) is 1. The lowest BCUT2D eigenvalue weighted by Crippen LogP contribution is -2.43. The zero-order chi connectivity index (χ0) is 14.5. The molecule has 1 aromatic rings. The van der Waals surface area contributed by atoms with Crippen molar-refractivity contribution in [3.63, 3.8) is 0 Å². The SMILES string of the molecule is Cc1cc(NC(=O)CN(C)C(=O)[C@@H]2CCCNC2)no1.Cl. The van der Waals surface area contributed by atoms with Crippen LogP contribution >= 0.6 is 12.4 Å². The van der Waals surface area contributed by atoms with Gasteiger partial charge in [0.2, 0.25) is 11.8 Å². The van der Waals surface area contributed by atoms with Crippen LogP contribution in [0.15, 0.2) is 10.6 Å². The zero-order valence-corrected chi connectivity index (χ0v) is 13.0. The van der Waals surface area contributed by atoms with E-state index in [2.05, 4.69) is 15.8 Å². The Morgan fingerprint density at radius 3 is 2.90 bits per heavy atom. The largest absolute Gasteiger partial charge is 0.360 e. The molecule has 0 aliphatic carbocycles. The molecule has 21 heavy (non-hydrogen) atoms. The third kappa shape index (κ3) is 5.02. The van der Waals surface area contributed by atoms with Crippen molar-refractivity contribution in [2.24, 2.45) is 5.92 Å². The summed E-state index contributed by atoms with van der Waals surface area (Å²) in [4.78, 5) is 25.4. The molecule has 2 amide bonds. The van der Waals surface area contributed by atoms with E-state index in [-0.39, 0.29) is 36.7 Å². The quantitative estimate of drug-likeness (QED) is 0.858. The van der Waals surface area contributed by atoms with Gasteiger partial charge in [-0.1, -0.05) is 5.16 Å². The van der Waals surface area contributed by atoms with Crippen molar-refractivity contribution in [2.45, 2.75) is 19.8 Å². The van der Waals surface area contributed by atoms with Gasteiger partial charge in [0.15, 0.2) is 5.82 Å². The van der Waals surface area contributed by atoms with Gasteiger partial charge in [-0.2, -0.15) is 0 Å². The summed E-state index contributed by atoms with van der Waals surface area (Å²) >= 11 is 0. The van der Waals surface area contributed by atoms with Crippen molar-refractivity contribution in [2.75, 3.05) is 32.0 Å². The molecule has 0 unspecified atom stereocenters. The first-order valence-corrected chi connectivity index (χ1v) is 6.75. The maximum atomic E-state index is 12.2. The summed E-state index contributed by atoms with van der Waals surface area (Å²) in [7, 11) is 1.64. The maximum Gasteiger partial charge on any atom is 0.245 e. The van der Waals surface area contributed by atoms with Crippen LogP contribution in [-0.4, -0.2) is 48.6 Å². The molecule has 0 aromatic carbocycles. The monoisotopic (exact) mass is 316 g/mol. The number of piperidine rings is 1. The number of nitrogens with zero attached hydrogens (tertiary/aromatic N) is 2. The number of aromatic nitrogens is 1. The Hall–Kier alpha value is -1.60. The highest BCUT2D eigenvalue weighted by atomic mass is 35.5. The lowest BCUT2D eigenvalue weighted by Gasteiger charge is -2.26. The molecule has 0 spiro atoms. The number of carbonyl (C=O) groups is 2. The minimum atomic E-state index is -0.280. The van der Waals surface area contributed by atoms with Crippen molar-refractivity contribution in [3.8, 4) is 0 Å². The van der Waals surface area contributed by atoms with Crippen LogP contribution < -0.4 is 10.6 Å². The fourth-order valence-electron chi connectivity index (χ4n) is 2.28. The van der Waals surface area contributed by atoms with E-state index in [0.717, 1.165) is 19.4 Å². The number of amides is 2. The van der Waals surface area contributed by atoms with Gasteiger partial charge in [-0.15, -0.1) is 12.4 Å². The second kappa shape index (κ2) is 7.99. The first kappa shape index (κ1) is 17.5. The Labute approximate surface area is 129 Å². The summed E-state index contributed by atoms with van der Waals surface area (Å²) in [5, 5.41) is 9.47. The third-order valence-corrected chi connectivity index (χ3v) is 3.30. The predicted octanol–water partition coefficient (Wildman–Crippen LogP) is 0.801. The second-order valence-electron chi connectivity index (χ2n) is 5.11. The highest BCUT2D eigenvalue weighted by molar-refractivity contribution is 5.94. The van der Waals surface area contributed by atoms with Crippen LogP contribution in [0.4, 0.5) is 5.82 Å².